The molecule has 2 rings (SSSR count). The van der Waals surface area contributed by atoms with E-state index in [-0.39, 0.29) is 37.7 Å². The number of halogens is 2. The van der Waals surface area contributed by atoms with Crippen molar-refractivity contribution < 1.29 is 29.0 Å². The standard InChI is InChI=1S/C26H34FN3O5S.ClH/c1-16(2)22(28-15-18-10-7-11-19(27)23(18)31)25(33)30-21(14-17-8-5-4-6-9-17)24(32)29-20(26(34)35)12-13-36-3;/h4-11,16,20-22,28,31H,12-15H2,1-3H3,(H,29,32)(H,30,33)(H,34,35);1H/t20-,21-,22-;/m0./s1. The molecule has 0 aliphatic rings. The molecular weight excluding hydrogens is 521 g/mol. The van der Waals surface area contributed by atoms with E-state index in [1.807, 2.05) is 50.4 Å². The Labute approximate surface area is 227 Å². The smallest absolute Gasteiger partial charge is 0.326 e. The van der Waals surface area contributed by atoms with Crippen molar-refractivity contribution in [2.24, 2.45) is 5.92 Å². The number of carbonyl (C=O) groups excluding carboxylic acids is 2. The van der Waals surface area contributed by atoms with Gasteiger partial charge in [0.2, 0.25) is 11.8 Å². The maximum absolute atomic E-state index is 13.7. The fourth-order valence-corrected chi connectivity index (χ4v) is 4.11. The number of carboxylic acids is 1. The Kier molecular flexibility index (Phi) is 14.0. The summed E-state index contributed by atoms with van der Waals surface area (Å²) in [6, 6.07) is 10.4. The fraction of sp³-hybridized carbons (Fsp3) is 0.423. The number of phenols is 1. The molecule has 0 aromatic heterocycles. The molecule has 0 fully saturated rings. The number of amides is 2. The Morgan fingerprint density at radius 1 is 0.973 bits per heavy atom. The number of hydrogen-bond acceptors (Lipinski definition) is 6. The molecule has 2 aromatic rings. The highest BCUT2D eigenvalue weighted by Crippen LogP contribution is 2.21. The second-order valence-electron chi connectivity index (χ2n) is 8.78. The lowest BCUT2D eigenvalue weighted by atomic mass is 10.00. The van der Waals surface area contributed by atoms with Gasteiger partial charge in [-0.1, -0.05) is 56.3 Å². The number of phenolic OH excluding ortho intramolecular Hbond substituents is 1. The van der Waals surface area contributed by atoms with Gasteiger partial charge in [0.25, 0.3) is 0 Å². The van der Waals surface area contributed by atoms with Crippen molar-refractivity contribution in [1.29, 1.82) is 0 Å². The molecule has 0 radical (unpaired) electrons. The van der Waals surface area contributed by atoms with Gasteiger partial charge in [0.05, 0.1) is 6.04 Å². The predicted molar refractivity (Wildman–Crippen MR) is 145 cm³/mol. The van der Waals surface area contributed by atoms with Gasteiger partial charge in [0.1, 0.15) is 12.1 Å². The molecule has 0 heterocycles. The molecule has 204 valence electrons. The minimum Gasteiger partial charge on any atom is -0.505 e. The topological polar surface area (TPSA) is 128 Å². The van der Waals surface area contributed by atoms with Crippen LogP contribution in [0.25, 0.3) is 0 Å². The van der Waals surface area contributed by atoms with Crippen LogP contribution >= 0.6 is 24.2 Å². The average Bonchev–Trinajstić information content (AvgIpc) is 2.84. The van der Waals surface area contributed by atoms with E-state index in [4.69, 9.17) is 0 Å². The number of hydrogen-bond donors (Lipinski definition) is 5. The first kappa shape index (κ1) is 32.2. The number of aromatic hydroxyl groups is 1. The number of aliphatic carboxylic acids is 1. The van der Waals surface area contributed by atoms with Gasteiger partial charge in [-0.3, -0.25) is 9.59 Å². The molecule has 0 saturated heterocycles. The first-order valence-electron chi connectivity index (χ1n) is 11.7. The molecule has 0 aliphatic carbocycles. The van der Waals surface area contributed by atoms with E-state index in [9.17, 15) is 29.0 Å². The van der Waals surface area contributed by atoms with E-state index >= 15 is 0 Å². The molecule has 2 aromatic carbocycles. The maximum Gasteiger partial charge on any atom is 0.326 e. The molecule has 0 spiro atoms. The van der Waals surface area contributed by atoms with Crippen LogP contribution < -0.4 is 16.0 Å². The van der Waals surface area contributed by atoms with Crippen molar-refractivity contribution in [3.05, 3.63) is 65.5 Å². The molecule has 0 unspecified atom stereocenters. The highest BCUT2D eigenvalue weighted by Gasteiger charge is 2.30. The van der Waals surface area contributed by atoms with Gasteiger partial charge in [-0.25, -0.2) is 9.18 Å². The highest BCUT2D eigenvalue weighted by atomic mass is 35.5. The Balaban J connectivity index is 0.00000684. The molecule has 0 saturated carbocycles. The van der Waals surface area contributed by atoms with Crippen LogP contribution in [0.1, 0.15) is 31.4 Å². The number of carboxylic acid groups (broad SMARTS) is 1. The lowest BCUT2D eigenvalue weighted by Gasteiger charge is -2.26. The summed E-state index contributed by atoms with van der Waals surface area (Å²) < 4.78 is 13.7. The van der Waals surface area contributed by atoms with Crippen LogP contribution in [0.15, 0.2) is 48.5 Å². The third-order valence-corrected chi connectivity index (χ3v) is 6.32. The van der Waals surface area contributed by atoms with E-state index in [2.05, 4.69) is 16.0 Å². The summed E-state index contributed by atoms with van der Waals surface area (Å²) >= 11 is 1.47. The third-order valence-electron chi connectivity index (χ3n) is 5.67. The number of rotatable bonds is 14. The highest BCUT2D eigenvalue weighted by molar-refractivity contribution is 7.98. The summed E-state index contributed by atoms with van der Waals surface area (Å²) in [6.45, 7) is 3.67. The lowest BCUT2D eigenvalue weighted by molar-refractivity contribution is -0.142. The quantitative estimate of drug-likeness (QED) is 0.242. The minimum absolute atomic E-state index is 0. The molecule has 0 aliphatic heterocycles. The van der Waals surface area contributed by atoms with E-state index in [0.29, 0.717) is 11.3 Å². The molecule has 5 N–H and O–H groups in total. The van der Waals surface area contributed by atoms with Crippen LogP contribution in [0.2, 0.25) is 0 Å². The summed E-state index contributed by atoms with van der Waals surface area (Å²) in [5.41, 5.74) is 1.10. The van der Waals surface area contributed by atoms with Crippen LogP contribution in [-0.4, -0.2) is 58.1 Å². The summed E-state index contributed by atoms with van der Waals surface area (Å²) in [5, 5.41) is 27.8. The second kappa shape index (κ2) is 16.1. The first-order valence-corrected chi connectivity index (χ1v) is 13.1. The van der Waals surface area contributed by atoms with Crippen molar-refractivity contribution >= 4 is 42.0 Å². The van der Waals surface area contributed by atoms with Crippen LogP contribution in [0.4, 0.5) is 4.39 Å². The van der Waals surface area contributed by atoms with E-state index in [1.165, 1.54) is 17.8 Å². The van der Waals surface area contributed by atoms with Crippen LogP contribution in [0.5, 0.6) is 5.75 Å². The maximum atomic E-state index is 13.7. The average molecular weight is 556 g/mol. The molecule has 11 heteroatoms. The largest absolute Gasteiger partial charge is 0.505 e. The third kappa shape index (κ3) is 10.2. The zero-order valence-electron chi connectivity index (χ0n) is 21.1. The molecule has 2 amide bonds. The van der Waals surface area contributed by atoms with Gasteiger partial charge in [-0.15, -0.1) is 12.4 Å². The van der Waals surface area contributed by atoms with Gasteiger partial charge < -0.3 is 26.2 Å². The van der Waals surface area contributed by atoms with Crippen LogP contribution in [-0.2, 0) is 27.3 Å². The number of para-hydroxylation sites is 1. The van der Waals surface area contributed by atoms with E-state index in [0.717, 1.165) is 11.6 Å². The van der Waals surface area contributed by atoms with Gasteiger partial charge in [0.15, 0.2) is 11.6 Å². The number of thioether (sulfide) groups is 1. The van der Waals surface area contributed by atoms with E-state index < -0.39 is 47.5 Å². The van der Waals surface area contributed by atoms with Crippen molar-refractivity contribution in [3.63, 3.8) is 0 Å². The predicted octanol–water partition coefficient (Wildman–Crippen LogP) is 3.12. The number of benzene rings is 2. The molecular formula is C26H35ClFN3O5S. The first-order chi connectivity index (χ1) is 17.1. The van der Waals surface area contributed by atoms with E-state index in [1.54, 1.807) is 6.07 Å². The zero-order chi connectivity index (χ0) is 26.7. The lowest BCUT2D eigenvalue weighted by Crippen LogP contribution is -2.56. The Morgan fingerprint density at radius 2 is 1.62 bits per heavy atom. The van der Waals surface area contributed by atoms with Crippen LogP contribution in [0.3, 0.4) is 0 Å². The summed E-state index contributed by atoms with van der Waals surface area (Å²) in [6.07, 6.45) is 2.27. The Bertz CT molecular complexity index is 1030. The second-order valence-corrected chi connectivity index (χ2v) is 9.77. The fourth-order valence-electron chi connectivity index (χ4n) is 3.64. The number of nitrogens with one attached hydrogen (secondary N) is 3. The van der Waals surface area contributed by atoms with Gasteiger partial charge in [-0.2, -0.15) is 11.8 Å². The Hall–Kier alpha value is -2.82. The number of carbonyl (C=O) groups is 3. The Morgan fingerprint density at radius 3 is 2.22 bits per heavy atom. The van der Waals surface area contributed by atoms with Crippen molar-refractivity contribution in [1.82, 2.24) is 16.0 Å². The van der Waals surface area contributed by atoms with Crippen molar-refractivity contribution in [3.8, 4) is 5.75 Å². The van der Waals surface area contributed by atoms with Crippen molar-refractivity contribution in [2.45, 2.75) is 51.4 Å². The normalized spacial score (nSPS) is 13.2. The molecule has 0 bridgehead atoms. The summed E-state index contributed by atoms with van der Waals surface area (Å²) in [7, 11) is 0. The summed E-state index contributed by atoms with van der Waals surface area (Å²) in [5.74, 6) is -3.08. The monoisotopic (exact) mass is 555 g/mol. The van der Waals surface area contributed by atoms with Crippen LogP contribution in [0, 0.1) is 11.7 Å². The zero-order valence-corrected chi connectivity index (χ0v) is 22.7. The molecule has 37 heavy (non-hydrogen) atoms. The van der Waals surface area contributed by atoms with Crippen molar-refractivity contribution in [2.75, 3.05) is 12.0 Å². The molecule has 8 nitrogen and oxygen atoms in total. The van der Waals surface area contributed by atoms with Gasteiger partial charge in [0, 0.05) is 18.5 Å². The van der Waals surface area contributed by atoms with Gasteiger partial charge in [-0.05, 0) is 36.0 Å². The molecule has 3 atom stereocenters. The SMILES string of the molecule is CSCC[C@H](NC(=O)[C@H](Cc1ccccc1)NC(=O)[C@@H](NCc1cccc(F)c1O)C(C)C)C(=O)O.Cl. The minimum atomic E-state index is -1.14. The van der Waals surface area contributed by atoms with Gasteiger partial charge >= 0.3 is 5.97 Å². The summed E-state index contributed by atoms with van der Waals surface area (Å²) in [4.78, 5) is 38.0.